The van der Waals surface area contributed by atoms with Crippen LogP contribution >= 0.6 is 0 Å². The van der Waals surface area contributed by atoms with Gasteiger partial charge in [-0.1, -0.05) is 0 Å². The average Bonchev–Trinajstić information content (AvgIpc) is 3.11. The third kappa shape index (κ3) is 3.34. The molecule has 0 aliphatic carbocycles. The first kappa shape index (κ1) is 17.0. The molecule has 1 aliphatic rings. The van der Waals surface area contributed by atoms with Crippen LogP contribution in [0.3, 0.4) is 0 Å². The van der Waals surface area contributed by atoms with E-state index in [9.17, 15) is 19.8 Å². The van der Waals surface area contributed by atoms with Gasteiger partial charge >= 0.3 is 0 Å². The van der Waals surface area contributed by atoms with Gasteiger partial charge in [0.15, 0.2) is 23.1 Å². The van der Waals surface area contributed by atoms with Crippen LogP contribution in [0, 0.1) is 11.8 Å². The first-order chi connectivity index (χ1) is 12.0. The summed E-state index contributed by atoms with van der Waals surface area (Å²) in [5.74, 6) is -1.39. The Kier molecular flexibility index (Phi) is 4.72. The topological polar surface area (TPSA) is 93.1 Å². The molecule has 6 heteroatoms. The van der Waals surface area contributed by atoms with Crippen molar-refractivity contribution in [3.05, 3.63) is 53.6 Å². The Balaban J connectivity index is 1.84. The van der Waals surface area contributed by atoms with Crippen LogP contribution in [0.15, 0.2) is 42.5 Å². The monoisotopic (exact) mass is 342 g/mol. The first-order valence-electron chi connectivity index (χ1n) is 7.83. The molecule has 2 N–H and O–H groups in total. The minimum atomic E-state index is -0.601. The van der Waals surface area contributed by atoms with E-state index in [2.05, 4.69) is 0 Å². The van der Waals surface area contributed by atoms with E-state index < -0.39 is 11.8 Å². The van der Waals surface area contributed by atoms with Gasteiger partial charge in [0.05, 0.1) is 32.2 Å². The zero-order valence-corrected chi connectivity index (χ0v) is 13.6. The summed E-state index contributed by atoms with van der Waals surface area (Å²) < 4.78 is 10.4. The van der Waals surface area contributed by atoms with E-state index in [4.69, 9.17) is 9.47 Å². The fraction of sp³-hybridized carbons (Fsp3) is 0.263. The first-order valence-corrected chi connectivity index (χ1v) is 7.83. The Bertz CT molecular complexity index is 796. The van der Waals surface area contributed by atoms with E-state index >= 15 is 0 Å². The van der Waals surface area contributed by atoms with Gasteiger partial charge in [-0.15, -0.1) is 0 Å². The van der Waals surface area contributed by atoms with Crippen molar-refractivity contribution in [2.45, 2.75) is 0 Å². The summed E-state index contributed by atoms with van der Waals surface area (Å²) in [6.07, 6.45) is 0. The number of Topliss-reactive ketones (excluding diaryl/α,β-unsaturated/α-hetero) is 2. The largest absolute Gasteiger partial charge is 0.508 e. The summed E-state index contributed by atoms with van der Waals surface area (Å²) in [4.78, 5) is 25.5. The summed E-state index contributed by atoms with van der Waals surface area (Å²) in [7, 11) is 1.40. The molecule has 1 aliphatic heterocycles. The number of rotatable bonds is 5. The van der Waals surface area contributed by atoms with Crippen LogP contribution in [-0.2, 0) is 4.74 Å². The van der Waals surface area contributed by atoms with Gasteiger partial charge in [-0.2, -0.15) is 0 Å². The van der Waals surface area contributed by atoms with Crippen LogP contribution in [0.5, 0.6) is 17.2 Å². The van der Waals surface area contributed by atoms with Crippen molar-refractivity contribution in [1.29, 1.82) is 0 Å². The molecule has 25 heavy (non-hydrogen) atoms. The van der Waals surface area contributed by atoms with Gasteiger partial charge in [0.2, 0.25) is 0 Å². The van der Waals surface area contributed by atoms with Gasteiger partial charge in [-0.25, -0.2) is 0 Å². The molecule has 0 unspecified atom stereocenters. The number of carbonyl (C=O) groups is 2. The molecule has 0 saturated carbocycles. The smallest absolute Gasteiger partial charge is 0.169 e. The average molecular weight is 342 g/mol. The van der Waals surface area contributed by atoms with E-state index in [0.717, 1.165) is 0 Å². The molecule has 0 amide bonds. The minimum Gasteiger partial charge on any atom is -0.508 e. The third-order valence-electron chi connectivity index (χ3n) is 4.37. The highest BCUT2D eigenvalue weighted by Crippen LogP contribution is 2.32. The number of carbonyl (C=O) groups excluding carboxylic acids is 2. The summed E-state index contributed by atoms with van der Waals surface area (Å²) in [6, 6.07) is 10.3. The molecule has 2 atom stereocenters. The highest BCUT2D eigenvalue weighted by molar-refractivity contribution is 6.05. The number of phenols is 2. The van der Waals surface area contributed by atoms with Gasteiger partial charge < -0.3 is 19.7 Å². The molecular weight excluding hydrogens is 324 g/mol. The number of ether oxygens (including phenoxy) is 2. The van der Waals surface area contributed by atoms with Gasteiger partial charge in [-0.05, 0) is 42.5 Å². The zero-order valence-electron chi connectivity index (χ0n) is 13.6. The van der Waals surface area contributed by atoms with E-state index in [-0.39, 0.29) is 42.0 Å². The molecule has 130 valence electrons. The Hall–Kier alpha value is -2.86. The summed E-state index contributed by atoms with van der Waals surface area (Å²) in [6.45, 7) is 0.335. The van der Waals surface area contributed by atoms with E-state index in [1.54, 1.807) is 0 Å². The van der Waals surface area contributed by atoms with E-state index in [1.807, 2.05) is 0 Å². The second-order valence-corrected chi connectivity index (χ2v) is 5.91. The van der Waals surface area contributed by atoms with Crippen molar-refractivity contribution in [2.75, 3.05) is 20.3 Å². The number of methoxy groups -OCH3 is 1. The van der Waals surface area contributed by atoms with Gasteiger partial charge in [0, 0.05) is 11.1 Å². The van der Waals surface area contributed by atoms with Crippen LogP contribution in [-0.4, -0.2) is 42.1 Å². The van der Waals surface area contributed by atoms with E-state index in [1.165, 1.54) is 49.6 Å². The van der Waals surface area contributed by atoms with Crippen LogP contribution < -0.4 is 4.74 Å². The highest BCUT2D eigenvalue weighted by Gasteiger charge is 2.39. The van der Waals surface area contributed by atoms with Crippen molar-refractivity contribution < 1.29 is 29.3 Å². The Morgan fingerprint density at radius 3 is 2.12 bits per heavy atom. The van der Waals surface area contributed by atoms with Crippen molar-refractivity contribution in [2.24, 2.45) is 11.8 Å². The van der Waals surface area contributed by atoms with Crippen molar-refractivity contribution >= 4 is 11.6 Å². The molecule has 2 aromatic rings. The Morgan fingerprint density at radius 2 is 1.52 bits per heavy atom. The fourth-order valence-electron chi connectivity index (χ4n) is 2.96. The normalized spacial score (nSPS) is 19.6. The Morgan fingerprint density at radius 1 is 0.960 bits per heavy atom. The van der Waals surface area contributed by atoms with Crippen LogP contribution in [0.25, 0.3) is 0 Å². The molecule has 6 nitrogen and oxygen atoms in total. The standard InChI is InChI=1S/C19H18O6/c1-24-17-8-12(4-7-16(17)21)19(23)15-10-25-9-14(15)18(22)11-2-5-13(20)6-3-11/h2-8,14-15,20-21H,9-10H2,1H3/t14-,15-/m0/s1. The number of phenolic OH excluding ortho intramolecular Hbond substituents is 2. The molecular formula is C19H18O6. The molecule has 0 bridgehead atoms. The lowest BCUT2D eigenvalue weighted by atomic mass is 9.83. The minimum absolute atomic E-state index is 0.0570. The SMILES string of the molecule is COc1cc(C(=O)[C@H]2COC[C@@H]2C(=O)c2ccc(O)cc2)ccc1O. The zero-order chi connectivity index (χ0) is 18.0. The molecule has 1 saturated heterocycles. The molecule has 1 fully saturated rings. The van der Waals surface area contributed by atoms with Crippen molar-refractivity contribution in [3.63, 3.8) is 0 Å². The lowest BCUT2D eigenvalue weighted by Gasteiger charge is -2.16. The number of ketones is 2. The number of aromatic hydroxyl groups is 2. The summed E-state index contributed by atoms with van der Waals surface area (Å²) in [5, 5.41) is 19.0. The van der Waals surface area contributed by atoms with Crippen LogP contribution in [0.1, 0.15) is 20.7 Å². The summed E-state index contributed by atoms with van der Waals surface area (Å²) >= 11 is 0. The van der Waals surface area contributed by atoms with E-state index in [0.29, 0.717) is 11.1 Å². The third-order valence-corrected chi connectivity index (χ3v) is 4.37. The summed E-state index contributed by atoms with van der Waals surface area (Å²) in [5.41, 5.74) is 0.781. The van der Waals surface area contributed by atoms with Gasteiger partial charge in [-0.3, -0.25) is 9.59 Å². The number of hydrogen-bond acceptors (Lipinski definition) is 6. The lowest BCUT2D eigenvalue weighted by Crippen LogP contribution is -2.29. The molecule has 1 heterocycles. The predicted octanol–water partition coefficient (Wildman–Crippen LogP) is 2.43. The molecule has 0 aromatic heterocycles. The fourth-order valence-corrected chi connectivity index (χ4v) is 2.96. The van der Waals surface area contributed by atoms with Crippen LogP contribution in [0.4, 0.5) is 0 Å². The second-order valence-electron chi connectivity index (χ2n) is 5.91. The maximum absolute atomic E-state index is 12.8. The molecule has 3 rings (SSSR count). The maximum Gasteiger partial charge on any atom is 0.169 e. The quantitative estimate of drug-likeness (QED) is 0.811. The van der Waals surface area contributed by atoms with Crippen LogP contribution in [0.2, 0.25) is 0 Å². The Labute approximate surface area is 144 Å². The van der Waals surface area contributed by atoms with Crippen molar-refractivity contribution in [3.8, 4) is 17.2 Å². The number of hydrogen-bond donors (Lipinski definition) is 2. The molecule has 0 radical (unpaired) electrons. The molecule has 0 spiro atoms. The van der Waals surface area contributed by atoms with Gasteiger partial charge in [0.1, 0.15) is 5.75 Å². The maximum atomic E-state index is 12.8. The second kappa shape index (κ2) is 6.94. The predicted molar refractivity (Wildman–Crippen MR) is 89.2 cm³/mol. The molecule has 2 aromatic carbocycles. The van der Waals surface area contributed by atoms with Gasteiger partial charge in [0.25, 0.3) is 0 Å². The van der Waals surface area contributed by atoms with Crippen molar-refractivity contribution in [1.82, 2.24) is 0 Å². The highest BCUT2D eigenvalue weighted by atomic mass is 16.5. The lowest BCUT2D eigenvalue weighted by molar-refractivity contribution is 0.0809. The number of benzene rings is 2.